The fourth-order valence-electron chi connectivity index (χ4n) is 3.20. The maximum atomic E-state index is 13.2. The molecule has 1 unspecified atom stereocenters. The molecule has 28 heavy (non-hydrogen) atoms. The van der Waals surface area contributed by atoms with Crippen LogP contribution in [0.25, 0.3) is 11.1 Å². The summed E-state index contributed by atoms with van der Waals surface area (Å²) in [6, 6.07) is 6.98. The first kappa shape index (κ1) is 17.8. The number of halogens is 1. The van der Waals surface area contributed by atoms with Crippen molar-refractivity contribution in [3.05, 3.63) is 48.5 Å². The van der Waals surface area contributed by atoms with Gasteiger partial charge in [-0.2, -0.15) is 10.1 Å². The molecule has 144 valence electrons. The molecule has 8 nitrogen and oxygen atoms in total. The van der Waals surface area contributed by atoms with E-state index in [4.69, 9.17) is 4.74 Å². The summed E-state index contributed by atoms with van der Waals surface area (Å²) in [4.78, 5) is 18.8. The number of aromatic nitrogens is 3. The monoisotopic (exact) mass is 383 g/mol. The molecule has 0 saturated carbocycles. The molecule has 1 aliphatic rings. The molecule has 0 bridgehead atoms. The van der Waals surface area contributed by atoms with E-state index in [1.807, 2.05) is 6.07 Å². The summed E-state index contributed by atoms with van der Waals surface area (Å²) >= 11 is 0. The number of benzene rings is 1. The van der Waals surface area contributed by atoms with E-state index < -0.39 is 17.6 Å². The molecule has 2 aromatic heterocycles. The Balaban J connectivity index is 1.54. The third-order valence-corrected chi connectivity index (χ3v) is 4.62. The lowest BCUT2D eigenvalue weighted by Crippen LogP contribution is -2.33. The van der Waals surface area contributed by atoms with Crippen molar-refractivity contribution in [2.45, 2.75) is 12.5 Å². The number of rotatable bonds is 5. The lowest BCUT2D eigenvalue weighted by Gasteiger charge is -2.18. The first-order valence-electron chi connectivity index (χ1n) is 8.67. The van der Waals surface area contributed by atoms with Crippen LogP contribution in [0.15, 0.2) is 42.7 Å². The number of phenols is 1. The number of pyridine rings is 1. The van der Waals surface area contributed by atoms with E-state index in [0.29, 0.717) is 30.4 Å². The van der Waals surface area contributed by atoms with Crippen molar-refractivity contribution in [2.24, 2.45) is 0 Å². The summed E-state index contributed by atoms with van der Waals surface area (Å²) in [5.74, 6) is -0.450. The summed E-state index contributed by atoms with van der Waals surface area (Å²) < 4.78 is 18.6. The molecule has 0 spiro atoms. The van der Waals surface area contributed by atoms with E-state index in [1.54, 1.807) is 23.4 Å². The van der Waals surface area contributed by atoms with Gasteiger partial charge in [0.2, 0.25) is 5.88 Å². The van der Waals surface area contributed by atoms with Crippen molar-refractivity contribution in [1.29, 1.82) is 0 Å². The van der Waals surface area contributed by atoms with Gasteiger partial charge in [0.25, 0.3) is 5.91 Å². The lowest BCUT2D eigenvalue weighted by atomic mass is 10.1. The highest BCUT2D eigenvalue weighted by Crippen LogP contribution is 2.32. The second-order valence-corrected chi connectivity index (χ2v) is 6.35. The smallest absolute Gasteiger partial charge is 0.250 e. The summed E-state index contributed by atoms with van der Waals surface area (Å²) in [5, 5.41) is 19.2. The SMILES string of the molecule is COc1nc(N2CCC(Nc3ccc(F)c(O)c3)C2=O)ccc1-c1cn[nH]c1. The van der Waals surface area contributed by atoms with Crippen LogP contribution in [0.2, 0.25) is 0 Å². The summed E-state index contributed by atoms with van der Waals surface area (Å²) in [6.07, 6.45) is 3.95. The van der Waals surface area contributed by atoms with Crippen LogP contribution in [0.5, 0.6) is 11.6 Å². The highest BCUT2D eigenvalue weighted by Gasteiger charge is 2.33. The van der Waals surface area contributed by atoms with E-state index in [0.717, 1.165) is 17.2 Å². The molecule has 3 heterocycles. The Morgan fingerprint density at radius 2 is 2.21 bits per heavy atom. The van der Waals surface area contributed by atoms with Crippen molar-refractivity contribution >= 4 is 17.4 Å². The van der Waals surface area contributed by atoms with E-state index >= 15 is 0 Å². The number of aromatic amines is 1. The third-order valence-electron chi connectivity index (χ3n) is 4.62. The van der Waals surface area contributed by atoms with E-state index in [-0.39, 0.29) is 5.91 Å². The number of anilines is 2. The van der Waals surface area contributed by atoms with E-state index in [1.165, 1.54) is 19.2 Å². The fourth-order valence-corrected chi connectivity index (χ4v) is 3.20. The number of nitrogens with zero attached hydrogens (tertiary/aromatic N) is 3. The number of hydrogen-bond donors (Lipinski definition) is 3. The first-order valence-corrected chi connectivity index (χ1v) is 8.67. The average molecular weight is 383 g/mol. The van der Waals surface area contributed by atoms with Gasteiger partial charge >= 0.3 is 0 Å². The Bertz CT molecular complexity index is 1010. The predicted molar refractivity (Wildman–Crippen MR) is 101 cm³/mol. The van der Waals surface area contributed by atoms with Crippen LogP contribution in [-0.4, -0.2) is 45.9 Å². The largest absolute Gasteiger partial charge is 0.505 e. The van der Waals surface area contributed by atoms with Gasteiger partial charge in [-0.15, -0.1) is 0 Å². The lowest BCUT2D eigenvalue weighted by molar-refractivity contribution is -0.117. The van der Waals surface area contributed by atoms with Gasteiger partial charge < -0.3 is 15.2 Å². The maximum absolute atomic E-state index is 13.2. The number of ether oxygens (including phenoxy) is 1. The standard InChI is InChI=1S/C19H18FN5O3/c1-28-18-13(11-9-21-22-10-11)3-5-17(24-18)25-7-6-15(19(25)27)23-12-2-4-14(20)16(26)8-12/h2-5,8-10,15,23,26H,6-7H2,1H3,(H,21,22). The van der Waals surface area contributed by atoms with Gasteiger partial charge in [-0.3, -0.25) is 14.8 Å². The van der Waals surface area contributed by atoms with Gasteiger partial charge in [-0.1, -0.05) is 0 Å². The molecule has 3 aromatic rings. The number of carbonyl (C=O) groups is 1. The van der Waals surface area contributed by atoms with Gasteiger partial charge in [0.1, 0.15) is 11.9 Å². The zero-order valence-electron chi connectivity index (χ0n) is 15.0. The minimum atomic E-state index is -0.709. The van der Waals surface area contributed by atoms with Crippen LogP contribution in [0.1, 0.15) is 6.42 Å². The van der Waals surface area contributed by atoms with Gasteiger partial charge in [-0.05, 0) is 30.7 Å². The highest BCUT2D eigenvalue weighted by molar-refractivity contribution is 6.00. The van der Waals surface area contributed by atoms with E-state index in [2.05, 4.69) is 20.5 Å². The molecule has 1 atom stereocenters. The molecular weight excluding hydrogens is 365 g/mol. The van der Waals surface area contributed by atoms with Crippen LogP contribution < -0.4 is 15.0 Å². The Morgan fingerprint density at radius 3 is 2.93 bits per heavy atom. The highest BCUT2D eigenvalue weighted by atomic mass is 19.1. The number of carbonyl (C=O) groups excluding carboxylic acids is 1. The molecule has 1 saturated heterocycles. The summed E-state index contributed by atoms with van der Waals surface area (Å²) in [5.41, 5.74) is 2.07. The average Bonchev–Trinajstić information content (AvgIpc) is 3.35. The van der Waals surface area contributed by atoms with Crippen molar-refractivity contribution in [3.8, 4) is 22.8 Å². The fraction of sp³-hybridized carbons (Fsp3) is 0.211. The minimum Gasteiger partial charge on any atom is -0.505 e. The second kappa shape index (κ2) is 7.18. The zero-order chi connectivity index (χ0) is 19.7. The number of methoxy groups -OCH3 is 1. The molecule has 1 aliphatic heterocycles. The van der Waals surface area contributed by atoms with Crippen molar-refractivity contribution < 1.29 is 19.0 Å². The first-order chi connectivity index (χ1) is 13.6. The van der Waals surface area contributed by atoms with Crippen LogP contribution in [0.3, 0.4) is 0 Å². The Kier molecular flexibility index (Phi) is 4.56. The van der Waals surface area contributed by atoms with Crippen LogP contribution in [-0.2, 0) is 4.79 Å². The topological polar surface area (TPSA) is 103 Å². The molecule has 0 radical (unpaired) electrons. The number of hydrogen-bond acceptors (Lipinski definition) is 6. The summed E-state index contributed by atoms with van der Waals surface area (Å²) in [7, 11) is 1.52. The second-order valence-electron chi connectivity index (χ2n) is 6.35. The number of phenolic OH excluding ortho intramolecular Hbond substituents is 1. The molecule has 0 aliphatic carbocycles. The van der Waals surface area contributed by atoms with Crippen LogP contribution in [0, 0.1) is 5.82 Å². The molecule has 1 fully saturated rings. The summed E-state index contributed by atoms with van der Waals surface area (Å²) in [6.45, 7) is 0.477. The Hall–Kier alpha value is -3.62. The van der Waals surface area contributed by atoms with Gasteiger partial charge in [-0.25, -0.2) is 4.39 Å². The Labute approximate surface area is 160 Å². The van der Waals surface area contributed by atoms with Crippen LogP contribution in [0.4, 0.5) is 15.9 Å². The third kappa shape index (κ3) is 3.22. The van der Waals surface area contributed by atoms with Crippen molar-refractivity contribution in [1.82, 2.24) is 15.2 Å². The number of nitrogens with one attached hydrogen (secondary N) is 2. The van der Waals surface area contributed by atoms with Crippen LogP contribution >= 0.6 is 0 Å². The van der Waals surface area contributed by atoms with Gasteiger partial charge in [0.15, 0.2) is 11.6 Å². The zero-order valence-corrected chi connectivity index (χ0v) is 15.0. The van der Waals surface area contributed by atoms with Gasteiger partial charge in [0.05, 0.1) is 13.3 Å². The molecule has 1 amide bonds. The normalized spacial score (nSPS) is 16.4. The molecule has 3 N–H and O–H groups in total. The Morgan fingerprint density at radius 1 is 1.36 bits per heavy atom. The maximum Gasteiger partial charge on any atom is 0.250 e. The van der Waals surface area contributed by atoms with E-state index in [9.17, 15) is 14.3 Å². The number of aromatic hydroxyl groups is 1. The van der Waals surface area contributed by atoms with Crippen molar-refractivity contribution in [2.75, 3.05) is 23.9 Å². The number of amides is 1. The van der Waals surface area contributed by atoms with Crippen molar-refractivity contribution in [3.63, 3.8) is 0 Å². The minimum absolute atomic E-state index is 0.158. The van der Waals surface area contributed by atoms with Gasteiger partial charge in [0, 0.05) is 35.6 Å². The predicted octanol–water partition coefficient (Wildman–Crippen LogP) is 2.54. The molecular formula is C19H18FN5O3. The molecule has 1 aromatic carbocycles. The molecule has 4 rings (SSSR count). The quantitative estimate of drug-likeness (QED) is 0.626. The number of H-pyrrole nitrogens is 1. The molecule has 9 heteroatoms.